The molecule has 1 unspecified atom stereocenters. The van der Waals surface area contributed by atoms with Gasteiger partial charge in [-0.15, -0.1) is 0 Å². The Morgan fingerprint density at radius 1 is 1.35 bits per heavy atom. The number of rotatable bonds is 3. The second kappa shape index (κ2) is 4.72. The van der Waals surface area contributed by atoms with Crippen LogP contribution in [0.4, 0.5) is 0 Å². The molecule has 0 saturated carbocycles. The maximum absolute atomic E-state index is 5.71. The fraction of sp³-hybridized carbons (Fsp3) is 0.357. The maximum atomic E-state index is 5.71. The molecule has 0 saturated heterocycles. The first kappa shape index (κ1) is 11.9. The lowest BCUT2D eigenvalue weighted by Gasteiger charge is -2.13. The summed E-state index contributed by atoms with van der Waals surface area (Å²) in [7, 11) is 1.67. The number of methoxy groups -OCH3 is 1. The second-order valence-corrected chi connectivity index (χ2v) is 4.39. The van der Waals surface area contributed by atoms with Crippen LogP contribution in [0.2, 0.25) is 0 Å². The highest BCUT2D eigenvalue weighted by atomic mass is 16.5. The average Bonchev–Trinajstić information content (AvgIpc) is 2.36. The lowest BCUT2D eigenvalue weighted by atomic mass is 10.0. The number of pyridine rings is 1. The number of ether oxygens (including phenoxy) is 1. The third-order valence-electron chi connectivity index (χ3n) is 3.07. The average molecular weight is 230 g/mol. The molecule has 17 heavy (non-hydrogen) atoms. The van der Waals surface area contributed by atoms with Gasteiger partial charge in [0.25, 0.3) is 0 Å². The molecule has 1 heterocycles. The number of aryl methyl sites for hydroxylation is 1. The monoisotopic (exact) mass is 230 g/mol. The number of aromatic nitrogens is 1. The first-order valence-electron chi connectivity index (χ1n) is 5.81. The van der Waals surface area contributed by atoms with Crippen molar-refractivity contribution < 1.29 is 4.74 Å². The first-order chi connectivity index (χ1) is 8.15. The molecule has 0 aliphatic rings. The van der Waals surface area contributed by atoms with E-state index in [2.05, 4.69) is 19.9 Å². The predicted octanol–water partition coefficient (Wildman–Crippen LogP) is 2.61. The van der Waals surface area contributed by atoms with Crippen LogP contribution in [0.1, 0.15) is 24.1 Å². The summed E-state index contributed by atoms with van der Waals surface area (Å²) in [6, 6.07) is 8.10. The van der Waals surface area contributed by atoms with Crippen molar-refractivity contribution in [2.24, 2.45) is 5.73 Å². The topological polar surface area (TPSA) is 48.1 Å². The zero-order chi connectivity index (χ0) is 12.4. The molecule has 2 N–H and O–H groups in total. The summed E-state index contributed by atoms with van der Waals surface area (Å²) >= 11 is 0. The summed E-state index contributed by atoms with van der Waals surface area (Å²) < 4.78 is 5.21. The van der Waals surface area contributed by atoms with Gasteiger partial charge in [-0.2, -0.15) is 0 Å². The highest BCUT2D eigenvalue weighted by molar-refractivity contribution is 5.81. The summed E-state index contributed by atoms with van der Waals surface area (Å²) in [5.74, 6) is 1.12. The molecule has 1 atom stereocenters. The minimum Gasteiger partial charge on any atom is -0.497 e. The molecule has 3 heteroatoms. The normalized spacial score (nSPS) is 12.7. The highest BCUT2D eigenvalue weighted by Gasteiger charge is 2.10. The van der Waals surface area contributed by atoms with E-state index < -0.39 is 0 Å². The number of nitrogens with zero attached hydrogens (tertiary/aromatic N) is 1. The van der Waals surface area contributed by atoms with Crippen molar-refractivity contribution in [1.82, 2.24) is 4.98 Å². The highest BCUT2D eigenvalue weighted by Crippen LogP contribution is 2.24. The summed E-state index contributed by atoms with van der Waals surface area (Å²) in [4.78, 5) is 4.69. The Morgan fingerprint density at radius 2 is 2.12 bits per heavy atom. The van der Waals surface area contributed by atoms with Gasteiger partial charge in [0, 0.05) is 29.6 Å². The van der Waals surface area contributed by atoms with Crippen LogP contribution >= 0.6 is 0 Å². The molecule has 0 spiro atoms. The van der Waals surface area contributed by atoms with Gasteiger partial charge in [-0.05, 0) is 30.7 Å². The number of nitrogens with two attached hydrogens (primary N) is 1. The number of hydrogen-bond acceptors (Lipinski definition) is 3. The lowest BCUT2D eigenvalue weighted by molar-refractivity contribution is 0.415. The van der Waals surface area contributed by atoms with E-state index >= 15 is 0 Å². The smallest absolute Gasteiger partial charge is 0.121 e. The van der Waals surface area contributed by atoms with Crippen LogP contribution in [0.15, 0.2) is 24.3 Å². The standard InChI is InChI=1S/C14H18N2O/c1-9-6-11-4-5-12(17-3)7-13(11)16-14(9)10(2)8-15/h4-7,10H,8,15H2,1-3H3. The first-order valence-corrected chi connectivity index (χ1v) is 5.81. The molecule has 0 bridgehead atoms. The van der Waals surface area contributed by atoms with Crippen LogP contribution in [0, 0.1) is 6.92 Å². The second-order valence-electron chi connectivity index (χ2n) is 4.39. The van der Waals surface area contributed by atoms with Gasteiger partial charge in [-0.1, -0.05) is 6.92 Å². The minimum absolute atomic E-state index is 0.283. The van der Waals surface area contributed by atoms with E-state index in [1.807, 2.05) is 18.2 Å². The number of fused-ring (bicyclic) bond motifs is 1. The lowest BCUT2D eigenvalue weighted by Crippen LogP contribution is -2.11. The van der Waals surface area contributed by atoms with Gasteiger partial charge in [-0.25, -0.2) is 0 Å². The van der Waals surface area contributed by atoms with Gasteiger partial charge in [0.15, 0.2) is 0 Å². The van der Waals surface area contributed by atoms with Gasteiger partial charge in [0.2, 0.25) is 0 Å². The summed E-state index contributed by atoms with van der Waals surface area (Å²) in [5, 5.41) is 1.14. The quantitative estimate of drug-likeness (QED) is 0.881. The minimum atomic E-state index is 0.283. The van der Waals surface area contributed by atoms with Crippen LogP contribution in [0.5, 0.6) is 5.75 Å². The fourth-order valence-electron chi connectivity index (χ4n) is 2.00. The van der Waals surface area contributed by atoms with Crippen LogP contribution in [-0.2, 0) is 0 Å². The van der Waals surface area contributed by atoms with Gasteiger partial charge in [0.05, 0.1) is 12.6 Å². The van der Waals surface area contributed by atoms with Crippen molar-refractivity contribution in [3.8, 4) is 5.75 Å². The molecule has 0 amide bonds. The van der Waals surface area contributed by atoms with E-state index in [1.54, 1.807) is 7.11 Å². The molecule has 0 aliphatic heterocycles. The zero-order valence-corrected chi connectivity index (χ0v) is 10.5. The van der Waals surface area contributed by atoms with E-state index in [4.69, 9.17) is 15.5 Å². The molecule has 3 nitrogen and oxygen atoms in total. The van der Waals surface area contributed by atoms with Crippen LogP contribution in [0.25, 0.3) is 10.9 Å². The van der Waals surface area contributed by atoms with Gasteiger partial charge in [-0.3, -0.25) is 4.98 Å². The van der Waals surface area contributed by atoms with Crippen molar-refractivity contribution in [2.45, 2.75) is 19.8 Å². The van der Waals surface area contributed by atoms with E-state index in [-0.39, 0.29) is 5.92 Å². The van der Waals surface area contributed by atoms with Gasteiger partial charge in [0.1, 0.15) is 5.75 Å². The number of hydrogen-bond donors (Lipinski definition) is 1. The third kappa shape index (κ3) is 2.24. The van der Waals surface area contributed by atoms with Crippen molar-refractivity contribution in [3.63, 3.8) is 0 Å². The Bertz CT molecular complexity index is 537. The molecule has 2 aromatic rings. The molecular weight excluding hydrogens is 212 g/mol. The molecular formula is C14H18N2O. The van der Waals surface area contributed by atoms with Crippen LogP contribution in [-0.4, -0.2) is 18.6 Å². The molecule has 0 fully saturated rings. The van der Waals surface area contributed by atoms with E-state index in [1.165, 1.54) is 5.56 Å². The third-order valence-corrected chi connectivity index (χ3v) is 3.07. The number of benzene rings is 1. The maximum Gasteiger partial charge on any atom is 0.121 e. The van der Waals surface area contributed by atoms with Crippen molar-refractivity contribution in [1.29, 1.82) is 0 Å². The fourth-order valence-corrected chi connectivity index (χ4v) is 2.00. The zero-order valence-electron chi connectivity index (χ0n) is 10.5. The SMILES string of the molecule is COc1ccc2cc(C)c(C(C)CN)nc2c1. The molecule has 2 rings (SSSR count). The van der Waals surface area contributed by atoms with E-state index in [0.29, 0.717) is 6.54 Å². The molecule has 0 aliphatic carbocycles. The molecule has 1 aromatic carbocycles. The summed E-state index contributed by atoms with van der Waals surface area (Å²) in [6.45, 7) is 4.79. The molecule has 1 aromatic heterocycles. The van der Waals surface area contributed by atoms with Crippen molar-refractivity contribution in [2.75, 3.05) is 13.7 Å². The van der Waals surface area contributed by atoms with E-state index in [9.17, 15) is 0 Å². The van der Waals surface area contributed by atoms with Gasteiger partial charge < -0.3 is 10.5 Å². The van der Waals surface area contributed by atoms with Crippen molar-refractivity contribution >= 4 is 10.9 Å². The Labute approximate surface area is 102 Å². The Balaban J connectivity index is 2.60. The molecule has 90 valence electrons. The van der Waals surface area contributed by atoms with Gasteiger partial charge >= 0.3 is 0 Å². The largest absolute Gasteiger partial charge is 0.497 e. The summed E-state index contributed by atoms with van der Waals surface area (Å²) in [5.41, 5.74) is 8.94. The Kier molecular flexibility index (Phi) is 3.29. The van der Waals surface area contributed by atoms with E-state index in [0.717, 1.165) is 22.3 Å². The van der Waals surface area contributed by atoms with Crippen LogP contribution < -0.4 is 10.5 Å². The summed E-state index contributed by atoms with van der Waals surface area (Å²) in [6.07, 6.45) is 0. The Hall–Kier alpha value is -1.61. The van der Waals surface area contributed by atoms with Crippen LogP contribution in [0.3, 0.4) is 0 Å². The van der Waals surface area contributed by atoms with Crippen molar-refractivity contribution in [3.05, 3.63) is 35.5 Å². The predicted molar refractivity (Wildman–Crippen MR) is 70.5 cm³/mol. The molecule has 0 radical (unpaired) electrons. The Morgan fingerprint density at radius 3 is 2.76 bits per heavy atom.